The van der Waals surface area contributed by atoms with Gasteiger partial charge in [0.2, 0.25) is 5.88 Å². The Bertz CT molecular complexity index is 552. The SMILES string of the molecule is Cc1nc(O)c(Sc2ccccc2)c(=O)[nH]1. The number of hydrogen-bond donors (Lipinski definition) is 2. The third-order valence-corrected chi connectivity index (χ3v) is 3.02. The Hall–Kier alpha value is -1.75. The summed E-state index contributed by atoms with van der Waals surface area (Å²) in [4.78, 5) is 19.1. The number of hydrogen-bond acceptors (Lipinski definition) is 4. The molecule has 1 aromatic heterocycles. The summed E-state index contributed by atoms with van der Waals surface area (Å²) in [5, 5.41) is 9.58. The first-order valence-corrected chi connectivity index (χ1v) is 5.51. The van der Waals surface area contributed by atoms with Crippen molar-refractivity contribution in [3.63, 3.8) is 0 Å². The van der Waals surface area contributed by atoms with Gasteiger partial charge in [-0.15, -0.1) is 0 Å². The molecular formula is C11H10N2O2S. The molecule has 2 rings (SSSR count). The van der Waals surface area contributed by atoms with Gasteiger partial charge in [-0.2, -0.15) is 4.98 Å². The molecule has 1 aromatic carbocycles. The summed E-state index contributed by atoms with van der Waals surface area (Å²) in [7, 11) is 0. The second-order valence-corrected chi connectivity index (χ2v) is 4.30. The van der Waals surface area contributed by atoms with Crippen molar-refractivity contribution in [2.45, 2.75) is 16.7 Å². The molecule has 0 aliphatic carbocycles. The summed E-state index contributed by atoms with van der Waals surface area (Å²) in [6, 6.07) is 9.36. The molecule has 0 amide bonds. The normalized spacial score (nSPS) is 10.3. The number of aryl methyl sites for hydroxylation is 1. The third kappa shape index (κ3) is 2.25. The molecule has 5 heteroatoms. The minimum absolute atomic E-state index is 0.219. The van der Waals surface area contributed by atoms with Crippen LogP contribution in [0.4, 0.5) is 0 Å². The highest BCUT2D eigenvalue weighted by Gasteiger charge is 2.10. The summed E-state index contributed by atoms with van der Waals surface area (Å²) in [5.41, 5.74) is -0.321. The van der Waals surface area contributed by atoms with Crippen LogP contribution in [-0.2, 0) is 0 Å². The number of benzene rings is 1. The van der Waals surface area contributed by atoms with Crippen molar-refractivity contribution in [3.05, 3.63) is 46.5 Å². The number of aromatic hydroxyl groups is 1. The van der Waals surface area contributed by atoms with Crippen LogP contribution < -0.4 is 5.56 Å². The summed E-state index contributed by atoms with van der Waals surface area (Å²) in [6.07, 6.45) is 0. The lowest BCUT2D eigenvalue weighted by molar-refractivity contribution is 0.433. The van der Waals surface area contributed by atoms with Crippen LogP contribution in [0, 0.1) is 6.92 Å². The molecule has 0 fully saturated rings. The second kappa shape index (κ2) is 4.40. The molecule has 0 saturated carbocycles. The van der Waals surface area contributed by atoms with Gasteiger partial charge >= 0.3 is 0 Å². The molecule has 0 atom stereocenters. The molecule has 16 heavy (non-hydrogen) atoms. The fourth-order valence-corrected chi connectivity index (χ4v) is 2.07. The van der Waals surface area contributed by atoms with Crippen molar-refractivity contribution in [1.82, 2.24) is 9.97 Å². The van der Waals surface area contributed by atoms with Crippen LogP contribution in [0.5, 0.6) is 5.88 Å². The number of aromatic amines is 1. The van der Waals surface area contributed by atoms with E-state index >= 15 is 0 Å². The van der Waals surface area contributed by atoms with Crippen LogP contribution in [0.15, 0.2) is 44.9 Å². The van der Waals surface area contributed by atoms with Crippen LogP contribution in [0.25, 0.3) is 0 Å². The Morgan fingerprint density at radius 3 is 2.62 bits per heavy atom. The maximum Gasteiger partial charge on any atom is 0.268 e. The average Bonchev–Trinajstić information content (AvgIpc) is 2.25. The van der Waals surface area contributed by atoms with Gasteiger partial charge in [0.1, 0.15) is 10.7 Å². The van der Waals surface area contributed by atoms with E-state index in [0.717, 1.165) is 4.90 Å². The van der Waals surface area contributed by atoms with E-state index < -0.39 is 0 Å². The predicted octanol–water partition coefficient (Wildman–Crippen LogP) is 1.94. The van der Waals surface area contributed by atoms with Crippen molar-refractivity contribution >= 4 is 11.8 Å². The zero-order valence-corrected chi connectivity index (χ0v) is 9.41. The number of aromatic nitrogens is 2. The van der Waals surface area contributed by atoms with E-state index in [4.69, 9.17) is 0 Å². The van der Waals surface area contributed by atoms with Gasteiger partial charge in [-0.05, 0) is 19.1 Å². The van der Waals surface area contributed by atoms with E-state index in [0.29, 0.717) is 5.82 Å². The van der Waals surface area contributed by atoms with Crippen LogP contribution in [0.1, 0.15) is 5.82 Å². The van der Waals surface area contributed by atoms with Gasteiger partial charge in [-0.3, -0.25) is 4.79 Å². The minimum Gasteiger partial charge on any atom is -0.492 e. The number of H-pyrrole nitrogens is 1. The fourth-order valence-electron chi connectivity index (χ4n) is 1.26. The van der Waals surface area contributed by atoms with E-state index in [2.05, 4.69) is 9.97 Å². The van der Waals surface area contributed by atoms with Crippen molar-refractivity contribution in [1.29, 1.82) is 0 Å². The molecule has 0 aliphatic heterocycles. The fraction of sp³-hybridized carbons (Fsp3) is 0.0909. The van der Waals surface area contributed by atoms with Crippen molar-refractivity contribution in [2.75, 3.05) is 0 Å². The Balaban J connectivity index is 2.39. The van der Waals surface area contributed by atoms with Crippen molar-refractivity contribution in [2.24, 2.45) is 0 Å². The van der Waals surface area contributed by atoms with Crippen LogP contribution in [0.2, 0.25) is 0 Å². The molecule has 0 unspecified atom stereocenters. The number of nitrogens with zero attached hydrogens (tertiary/aromatic N) is 1. The summed E-state index contributed by atoms with van der Waals surface area (Å²) < 4.78 is 0. The Morgan fingerprint density at radius 2 is 2.00 bits per heavy atom. The largest absolute Gasteiger partial charge is 0.492 e. The molecule has 82 valence electrons. The van der Waals surface area contributed by atoms with Crippen LogP contribution in [0.3, 0.4) is 0 Å². The molecule has 0 bridgehead atoms. The second-order valence-electron chi connectivity index (χ2n) is 3.22. The maximum atomic E-state index is 11.6. The third-order valence-electron chi connectivity index (χ3n) is 1.94. The first-order valence-electron chi connectivity index (χ1n) is 4.69. The van der Waals surface area contributed by atoms with Crippen molar-refractivity contribution < 1.29 is 5.11 Å². The molecule has 2 N–H and O–H groups in total. The molecule has 2 aromatic rings. The monoisotopic (exact) mass is 234 g/mol. The highest BCUT2D eigenvalue weighted by Crippen LogP contribution is 2.29. The van der Waals surface area contributed by atoms with E-state index in [9.17, 15) is 9.90 Å². The maximum absolute atomic E-state index is 11.6. The van der Waals surface area contributed by atoms with E-state index in [-0.39, 0.29) is 16.3 Å². The molecule has 1 heterocycles. The Labute approximate surface area is 96.4 Å². The molecule has 0 spiro atoms. The Morgan fingerprint density at radius 1 is 1.31 bits per heavy atom. The summed E-state index contributed by atoms with van der Waals surface area (Å²) in [5.74, 6) is 0.176. The molecular weight excluding hydrogens is 224 g/mol. The standard InChI is InChI=1S/C11H10N2O2S/c1-7-12-10(14)9(11(15)13-7)16-8-5-3-2-4-6-8/h2-6H,1H3,(H2,12,13,14,15). The van der Waals surface area contributed by atoms with Gasteiger partial charge in [-0.25, -0.2) is 0 Å². The highest BCUT2D eigenvalue weighted by molar-refractivity contribution is 7.99. The van der Waals surface area contributed by atoms with Crippen LogP contribution >= 0.6 is 11.8 Å². The van der Waals surface area contributed by atoms with E-state index in [1.807, 2.05) is 30.3 Å². The first kappa shape index (κ1) is 10.8. The van der Waals surface area contributed by atoms with Crippen molar-refractivity contribution in [3.8, 4) is 5.88 Å². The average molecular weight is 234 g/mol. The van der Waals surface area contributed by atoms with Gasteiger partial charge in [0.05, 0.1) is 0 Å². The number of rotatable bonds is 2. The van der Waals surface area contributed by atoms with E-state index in [1.54, 1.807) is 6.92 Å². The lowest BCUT2D eigenvalue weighted by Gasteiger charge is -2.03. The van der Waals surface area contributed by atoms with E-state index in [1.165, 1.54) is 11.8 Å². The van der Waals surface area contributed by atoms with Gasteiger partial charge in [0, 0.05) is 4.90 Å². The quantitative estimate of drug-likeness (QED) is 0.833. The molecule has 4 nitrogen and oxygen atoms in total. The topological polar surface area (TPSA) is 66.0 Å². The summed E-state index contributed by atoms with van der Waals surface area (Å²) >= 11 is 1.19. The van der Waals surface area contributed by atoms with Gasteiger partial charge in [-0.1, -0.05) is 30.0 Å². The van der Waals surface area contributed by atoms with Gasteiger partial charge < -0.3 is 10.1 Å². The lowest BCUT2D eigenvalue weighted by Crippen LogP contribution is -2.11. The van der Waals surface area contributed by atoms with Gasteiger partial charge in [0.15, 0.2) is 0 Å². The predicted molar refractivity (Wildman–Crippen MR) is 61.8 cm³/mol. The molecule has 0 radical (unpaired) electrons. The minimum atomic E-state index is -0.321. The highest BCUT2D eigenvalue weighted by atomic mass is 32.2. The van der Waals surface area contributed by atoms with Crippen LogP contribution in [-0.4, -0.2) is 15.1 Å². The lowest BCUT2D eigenvalue weighted by atomic mass is 10.4. The zero-order chi connectivity index (χ0) is 11.5. The summed E-state index contributed by atoms with van der Waals surface area (Å²) in [6.45, 7) is 1.62. The Kier molecular flexibility index (Phi) is 2.96. The number of nitrogens with one attached hydrogen (secondary N) is 1. The molecule has 0 saturated heterocycles. The molecule has 0 aliphatic rings. The smallest absolute Gasteiger partial charge is 0.268 e. The van der Waals surface area contributed by atoms with Gasteiger partial charge in [0.25, 0.3) is 5.56 Å². The zero-order valence-electron chi connectivity index (χ0n) is 8.60. The first-order chi connectivity index (χ1) is 7.66.